The normalized spacial score (nSPS) is 16.6. The quantitative estimate of drug-likeness (QED) is 0.471. The van der Waals surface area contributed by atoms with Crippen LogP contribution in [0.3, 0.4) is 0 Å². The highest BCUT2D eigenvalue weighted by molar-refractivity contribution is 6.30. The van der Waals surface area contributed by atoms with Crippen LogP contribution in [-0.2, 0) is 11.3 Å². The Labute approximate surface area is 188 Å². The molecule has 1 aliphatic heterocycles. The molecule has 0 N–H and O–H groups in total. The third kappa shape index (κ3) is 3.80. The molecule has 1 aromatic carbocycles. The van der Waals surface area contributed by atoms with Crippen molar-refractivity contribution in [3.8, 4) is 22.8 Å². The number of fused-ring (bicyclic) bond motifs is 1. The molecule has 5 rings (SSSR count). The molecule has 0 aliphatic carbocycles. The maximum absolute atomic E-state index is 12.9. The van der Waals surface area contributed by atoms with Gasteiger partial charge in [-0.2, -0.15) is 4.98 Å². The smallest absolute Gasteiger partial charge is 0.341 e. The van der Waals surface area contributed by atoms with Gasteiger partial charge in [0.05, 0.1) is 5.56 Å². The number of carbonyl (C=O) groups is 1. The van der Waals surface area contributed by atoms with Crippen LogP contribution in [0.5, 0.6) is 0 Å². The van der Waals surface area contributed by atoms with Gasteiger partial charge in [-0.15, -0.1) is 5.10 Å². The summed E-state index contributed by atoms with van der Waals surface area (Å²) < 4.78 is 8.02. The first-order valence-corrected chi connectivity index (χ1v) is 10.8. The lowest BCUT2D eigenvalue weighted by Gasteiger charge is -2.30. The molecule has 1 fully saturated rings. The highest BCUT2D eigenvalue weighted by Crippen LogP contribution is 2.25. The number of rotatable bonds is 4. The first-order valence-electron chi connectivity index (χ1n) is 10.5. The van der Waals surface area contributed by atoms with Crippen LogP contribution in [0.25, 0.3) is 28.5 Å². The van der Waals surface area contributed by atoms with Crippen molar-refractivity contribution in [3.05, 3.63) is 58.1 Å². The van der Waals surface area contributed by atoms with Crippen molar-refractivity contribution in [1.82, 2.24) is 29.2 Å². The van der Waals surface area contributed by atoms with Crippen LogP contribution in [-0.4, -0.2) is 48.2 Å². The van der Waals surface area contributed by atoms with Crippen LogP contribution in [0.4, 0.5) is 0 Å². The molecule has 0 radical (unpaired) electrons. The van der Waals surface area contributed by atoms with Crippen molar-refractivity contribution in [2.45, 2.75) is 26.3 Å². The van der Waals surface area contributed by atoms with Crippen LogP contribution >= 0.6 is 11.6 Å². The molecule has 4 heterocycles. The van der Waals surface area contributed by atoms with E-state index in [2.05, 4.69) is 22.2 Å². The lowest BCUT2D eigenvalue weighted by molar-refractivity contribution is -0.133. The summed E-state index contributed by atoms with van der Waals surface area (Å²) in [5, 5.41) is 9.06. The van der Waals surface area contributed by atoms with Crippen molar-refractivity contribution in [2.24, 2.45) is 5.92 Å². The Balaban J connectivity index is 1.46. The second-order valence-corrected chi connectivity index (χ2v) is 8.51. The van der Waals surface area contributed by atoms with Gasteiger partial charge in [-0.25, -0.2) is 13.9 Å². The predicted molar refractivity (Wildman–Crippen MR) is 118 cm³/mol. The number of amides is 1. The van der Waals surface area contributed by atoms with Gasteiger partial charge in [0.25, 0.3) is 5.89 Å². The fourth-order valence-electron chi connectivity index (χ4n) is 4.00. The topological polar surface area (TPSA) is 98.5 Å². The van der Waals surface area contributed by atoms with Gasteiger partial charge in [-0.3, -0.25) is 4.79 Å². The Morgan fingerprint density at radius 1 is 1.25 bits per heavy atom. The number of aromatic nitrogens is 5. The number of carbonyl (C=O) groups excluding carboxylic acids is 1. The third-order valence-electron chi connectivity index (χ3n) is 5.66. The Morgan fingerprint density at radius 3 is 2.84 bits per heavy atom. The average molecular weight is 453 g/mol. The van der Waals surface area contributed by atoms with Crippen molar-refractivity contribution in [1.29, 1.82) is 0 Å². The molecule has 4 aromatic rings. The summed E-state index contributed by atoms with van der Waals surface area (Å²) >= 11 is 5.94. The summed E-state index contributed by atoms with van der Waals surface area (Å²) in [4.78, 5) is 31.9. The minimum Gasteiger partial charge on any atom is -0.341 e. The van der Waals surface area contributed by atoms with Crippen LogP contribution < -0.4 is 5.69 Å². The van der Waals surface area contributed by atoms with E-state index in [1.165, 1.54) is 9.08 Å². The molecular formula is C22H21ClN6O3. The van der Waals surface area contributed by atoms with Gasteiger partial charge in [0.2, 0.25) is 11.7 Å². The highest BCUT2D eigenvalue weighted by atomic mass is 35.5. The van der Waals surface area contributed by atoms with E-state index in [1.807, 2.05) is 4.90 Å². The molecule has 1 aliphatic rings. The number of benzene rings is 1. The molecule has 1 amide bonds. The van der Waals surface area contributed by atoms with E-state index in [-0.39, 0.29) is 18.3 Å². The maximum Gasteiger partial charge on any atom is 0.350 e. The molecule has 1 saturated heterocycles. The summed E-state index contributed by atoms with van der Waals surface area (Å²) in [6.45, 7) is 3.45. The van der Waals surface area contributed by atoms with E-state index >= 15 is 0 Å². The predicted octanol–water partition coefficient (Wildman–Crippen LogP) is 3.12. The Hall–Kier alpha value is -3.46. The molecule has 3 aromatic heterocycles. The SMILES string of the molecule is CC1CCCN(C(=O)Cn2nc3c(-c4nc(-c5ccc(Cl)cc5)no4)cccn3c2=O)C1. The lowest BCUT2D eigenvalue weighted by atomic mass is 10.0. The molecular weight excluding hydrogens is 432 g/mol. The van der Waals surface area contributed by atoms with Gasteiger partial charge in [-0.1, -0.05) is 23.7 Å². The van der Waals surface area contributed by atoms with Crippen LogP contribution in [0.1, 0.15) is 19.8 Å². The molecule has 0 bridgehead atoms. The monoisotopic (exact) mass is 452 g/mol. The van der Waals surface area contributed by atoms with Crippen molar-refractivity contribution in [2.75, 3.05) is 13.1 Å². The first kappa shape index (κ1) is 20.4. The van der Waals surface area contributed by atoms with Crippen molar-refractivity contribution < 1.29 is 9.32 Å². The van der Waals surface area contributed by atoms with Crippen LogP contribution in [0, 0.1) is 5.92 Å². The second kappa shape index (κ2) is 8.23. The fraction of sp³-hybridized carbons (Fsp3) is 0.318. The Bertz CT molecular complexity index is 1340. The lowest BCUT2D eigenvalue weighted by Crippen LogP contribution is -2.42. The Morgan fingerprint density at radius 2 is 2.06 bits per heavy atom. The zero-order chi connectivity index (χ0) is 22.2. The molecule has 9 nitrogen and oxygen atoms in total. The van der Waals surface area contributed by atoms with Gasteiger partial charge in [-0.05, 0) is 55.2 Å². The largest absolute Gasteiger partial charge is 0.350 e. The zero-order valence-electron chi connectivity index (χ0n) is 17.4. The van der Waals surface area contributed by atoms with Gasteiger partial charge < -0.3 is 9.42 Å². The Kier molecular flexibility index (Phi) is 5.26. The van der Waals surface area contributed by atoms with Gasteiger partial charge in [0.15, 0.2) is 5.65 Å². The molecule has 32 heavy (non-hydrogen) atoms. The van der Waals surface area contributed by atoms with Crippen LogP contribution in [0.15, 0.2) is 51.9 Å². The number of hydrogen-bond acceptors (Lipinski definition) is 6. The number of halogens is 1. The maximum atomic E-state index is 12.9. The van der Waals surface area contributed by atoms with E-state index < -0.39 is 5.69 Å². The number of nitrogens with zero attached hydrogens (tertiary/aromatic N) is 6. The third-order valence-corrected chi connectivity index (χ3v) is 5.92. The summed E-state index contributed by atoms with van der Waals surface area (Å²) in [7, 11) is 0. The van der Waals surface area contributed by atoms with E-state index in [4.69, 9.17) is 16.1 Å². The van der Waals surface area contributed by atoms with E-state index in [0.717, 1.165) is 18.4 Å². The summed E-state index contributed by atoms with van der Waals surface area (Å²) in [5.41, 5.74) is 1.22. The zero-order valence-corrected chi connectivity index (χ0v) is 18.2. The van der Waals surface area contributed by atoms with Gasteiger partial charge in [0, 0.05) is 29.9 Å². The minimum atomic E-state index is -0.391. The van der Waals surface area contributed by atoms with Gasteiger partial charge in [0.1, 0.15) is 6.54 Å². The van der Waals surface area contributed by atoms with Crippen molar-refractivity contribution in [3.63, 3.8) is 0 Å². The number of piperidine rings is 1. The van der Waals surface area contributed by atoms with E-state index in [1.54, 1.807) is 42.6 Å². The number of hydrogen-bond donors (Lipinski definition) is 0. The molecule has 164 valence electrons. The molecule has 1 unspecified atom stereocenters. The van der Waals surface area contributed by atoms with E-state index in [0.29, 0.717) is 41.1 Å². The van der Waals surface area contributed by atoms with Crippen molar-refractivity contribution >= 4 is 23.2 Å². The molecule has 10 heteroatoms. The number of pyridine rings is 1. The minimum absolute atomic E-state index is 0.105. The number of likely N-dealkylation sites (tertiary alicyclic amines) is 1. The average Bonchev–Trinajstić information content (AvgIpc) is 3.40. The van der Waals surface area contributed by atoms with Gasteiger partial charge >= 0.3 is 5.69 Å². The molecule has 0 saturated carbocycles. The van der Waals surface area contributed by atoms with E-state index in [9.17, 15) is 9.59 Å². The second-order valence-electron chi connectivity index (χ2n) is 8.07. The van der Waals surface area contributed by atoms with Crippen LogP contribution in [0.2, 0.25) is 5.02 Å². The molecule has 0 spiro atoms. The molecule has 1 atom stereocenters. The highest BCUT2D eigenvalue weighted by Gasteiger charge is 2.23. The standard InChI is InChI=1S/C22H21ClN6O3/c1-14-4-2-10-27(12-14)18(30)13-29-22(31)28-11-3-5-17(20(28)25-29)21-24-19(26-32-21)15-6-8-16(23)9-7-15/h3,5-9,11,14H,2,4,10,12-13H2,1H3. The summed E-state index contributed by atoms with van der Waals surface area (Å²) in [6.07, 6.45) is 3.70. The summed E-state index contributed by atoms with van der Waals surface area (Å²) in [6, 6.07) is 10.5. The summed E-state index contributed by atoms with van der Waals surface area (Å²) in [5.74, 6) is 0.986. The fourth-order valence-corrected chi connectivity index (χ4v) is 4.13. The first-order chi connectivity index (χ1) is 15.5.